The van der Waals surface area contributed by atoms with Gasteiger partial charge < -0.3 is 15.1 Å². The molecule has 0 unspecified atom stereocenters. The zero-order valence-electron chi connectivity index (χ0n) is 14.5. The van der Waals surface area contributed by atoms with Gasteiger partial charge >= 0.3 is 0 Å². The van der Waals surface area contributed by atoms with Gasteiger partial charge in [-0.3, -0.25) is 14.4 Å². The highest BCUT2D eigenvalue weighted by Crippen LogP contribution is 2.10. The molecule has 1 aromatic heterocycles. The summed E-state index contributed by atoms with van der Waals surface area (Å²) < 4.78 is 5.55. The van der Waals surface area contributed by atoms with Crippen molar-refractivity contribution in [2.45, 2.75) is 12.8 Å². The summed E-state index contributed by atoms with van der Waals surface area (Å²) in [7, 11) is 0. The number of nitrogens with one attached hydrogen (secondary N) is 2. The zero-order chi connectivity index (χ0) is 19.1. The van der Waals surface area contributed by atoms with Crippen molar-refractivity contribution in [1.82, 2.24) is 0 Å². The second-order valence-corrected chi connectivity index (χ2v) is 5.91. The lowest BCUT2D eigenvalue weighted by Gasteiger charge is -2.07. The van der Waals surface area contributed by atoms with E-state index < -0.39 is 0 Å². The van der Waals surface area contributed by atoms with Crippen LogP contribution in [-0.2, 0) is 22.4 Å². The van der Waals surface area contributed by atoms with Gasteiger partial charge in [0.05, 0.1) is 12.8 Å². The van der Waals surface area contributed by atoms with Crippen molar-refractivity contribution < 1.29 is 14.0 Å². The third-order valence-electron chi connectivity index (χ3n) is 3.65. The lowest BCUT2D eigenvalue weighted by Crippen LogP contribution is -2.18. The zero-order valence-corrected chi connectivity index (χ0v) is 14.5. The summed E-state index contributed by atoms with van der Waals surface area (Å²) in [6.07, 6.45) is -0.198. The lowest BCUT2D eigenvalue weighted by molar-refractivity contribution is -0.116. The number of benzene rings is 2. The van der Waals surface area contributed by atoms with Crippen LogP contribution in [0.15, 0.2) is 82.0 Å². The Morgan fingerprint density at radius 1 is 0.704 bits per heavy atom. The Bertz CT molecular complexity index is 905. The molecule has 0 saturated carbocycles. The maximum Gasteiger partial charge on any atom is 0.231 e. The lowest BCUT2D eigenvalue weighted by atomic mass is 10.2. The van der Waals surface area contributed by atoms with E-state index in [1.165, 1.54) is 12.1 Å². The van der Waals surface area contributed by atoms with Crippen LogP contribution in [0.2, 0.25) is 0 Å². The summed E-state index contributed by atoms with van der Waals surface area (Å²) >= 11 is 0. The summed E-state index contributed by atoms with van der Waals surface area (Å²) in [5.41, 5.74) is 0.998. The number of para-hydroxylation sites is 2. The third kappa shape index (κ3) is 5.67. The molecular formula is C21H18N2O4. The van der Waals surface area contributed by atoms with E-state index in [1.807, 2.05) is 36.4 Å². The standard InChI is InChI=1S/C21H18N2O4/c24-17-11-18(13-20(25)22-15-7-3-1-4-8-15)27-19(12-17)14-21(26)23-16-9-5-2-6-10-16/h1-12H,13-14H2,(H,22,25)(H,23,26). The van der Waals surface area contributed by atoms with E-state index in [-0.39, 0.29) is 41.6 Å². The Kier molecular flexibility index (Phi) is 5.79. The van der Waals surface area contributed by atoms with Gasteiger partial charge in [-0.15, -0.1) is 0 Å². The van der Waals surface area contributed by atoms with Crippen LogP contribution < -0.4 is 16.1 Å². The molecule has 0 aliphatic carbocycles. The molecule has 0 aliphatic rings. The largest absolute Gasteiger partial charge is 0.465 e. The summed E-state index contributed by atoms with van der Waals surface area (Å²) in [5, 5.41) is 5.45. The van der Waals surface area contributed by atoms with E-state index in [2.05, 4.69) is 10.6 Å². The molecule has 3 rings (SSSR count). The van der Waals surface area contributed by atoms with Crippen molar-refractivity contribution in [2.24, 2.45) is 0 Å². The molecule has 27 heavy (non-hydrogen) atoms. The highest BCUT2D eigenvalue weighted by Gasteiger charge is 2.11. The van der Waals surface area contributed by atoms with Crippen LogP contribution in [0, 0.1) is 0 Å². The van der Waals surface area contributed by atoms with Gasteiger partial charge in [0, 0.05) is 23.5 Å². The predicted molar refractivity (Wildman–Crippen MR) is 103 cm³/mol. The number of carbonyl (C=O) groups is 2. The fourth-order valence-electron chi connectivity index (χ4n) is 2.53. The van der Waals surface area contributed by atoms with E-state index in [0.717, 1.165) is 0 Å². The maximum absolute atomic E-state index is 12.1. The van der Waals surface area contributed by atoms with Crippen LogP contribution in [-0.4, -0.2) is 11.8 Å². The van der Waals surface area contributed by atoms with Crippen LogP contribution in [0.25, 0.3) is 0 Å². The molecule has 6 heteroatoms. The van der Waals surface area contributed by atoms with Crippen molar-refractivity contribution in [2.75, 3.05) is 10.6 Å². The first kappa shape index (κ1) is 18.1. The number of anilines is 2. The molecule has 0 spiro atoms. The number of hydrogen-bond donors (Lipinski definition) is 2. The van der Waals surface area contributed by atoms with Crippen molar-refractivity contribution in [3.05, 3.63) is 94.5 Å². The monoisotopic (exact) mass is 362 g/mol. The predicted octanol–water partition coefficient (Wildman–Crippen LogP) is 3.00. The normalized spacial score (nSPS) is 10.2. The second-order valence-electron chi connectivity index (χ2n) is 5.91. The molecule has 0 bridgehead atoms. The van der Waals surface area contributed by atoms with Crippen LogP contribution in [0.4, 0.5) is 11.4 Å². The van der Waals surface area contributed by atoms with E-state index >= 15 is 0 Å². The highest BCUT2D eigenvalue weighted by molar-refractivity contribution is 5.92. The summed E-state index contributed by atoms with van der Waals surface area (Å²) in [5.74, 6) is -0.206. The second kappa shape index (κ2) is 8.62. The molecule has 2 aromatic carbocycles. The van der Waals surface area contributed by atoms with Gasteiger partial charge in [-0.1, -0.05) is 36.4 Å². The minimum atomic E-state index is -0.314. The van der Waals surface area contributed by atoms with Crippen molar-refractivity contribution in [3.8, 4) is 0 Å². The molecule has 0 atom stereocenters. The molecular weight excluding hydrogens is 344 g/mol. The first-order valence-corrected chi connectivity index (χ1v) is 8.41. The summed E-state index contributed by atoms with van der Waals surface area (Å²) in [4.78, 5) is 36.1. The molecule has 0 saturated heterocycles. The van der Waals surface area contributed by atoms with Gasteiger partial charge in [0.25, 0.3) is 0 Å². The molecule has 2 amide bonds. The van der Waals surface area contributed by atoms with Gasteiger partial charge in [-0.05, 0) is 24.3 Å². The van der Waals surface area contributed by atoms with Crippen molar-refractivity contribution in [3.63, 3.8) is 0 Å². The average molecular weight is 362 g/mol. The Hall–Kier alpha value is -3.67. The van der Waals surface area contributed by atoms with Crippen LogP contribution in [0.5, 0.6) is 0 Å². The van der Waals surface area contributed by atoms with Crippen molar-refractivity contribution in [1.29, 1.82) is 0 Å². The quantitative estimate of drug-likeness (QED) is 0.705. The molecule has 1 heterocycles. The topological polar surface area (TPSA) is 88.4 Å². The third-order valence-corrected chi connectivity index (χ3v) is 3.65. The van der Waals surface area contributed by atoms with E-state index in [1.54, 1.807) is 24.3 Å². The number of hydrogen-bond acceptors (Lipinski definition) is 4. The summed E-state index contributed by atoms with van der Waals surface area (Å²) in [6, 6.07) is 20.5. The van der Waals surface area contributed by atoms with Gasteiger partial charge in [0.1, 0.15) is 11.5 Å². The number of carbonyl (C=O) groups excluding carboxylic acids is 2. The van der Waals surface area contributed by atoms with E-state index in [4.69, 9.17) is 4.42 Å². The molecule has 0 radical (unpaired) electrons. The van der Waals surface area contributed by atoms with E-state index in [0.29, 0.717) is 11.4 Å². The van der Waals surface area contributed by atoms with Crippen LogP contribution in [0.1, 0.15) is 11.5 Å². The molecule has 6 nitrogen and oxygen atoms in total. The SMILES string of the molecule is O=C(Cc1cc(=O)cc(CC(=O)Nc2ccccc2)o1)Nc1ccccc1. The smallest absolute Gasteiger partial charge is 0.231 e. The van der Waals surface area contributed by atoms with Gasteiger partial charge in [-0.25, -0.2) is 0 Å². The maximum atomic E-state index is 12.1. The first-order valence-electron chi connectivity index (χ1n) is 8.41. The highest BCUT2D eigenvalue weighted by atomic mass is 16.3. The Morgan fingerprint density at radius 2 is 1.11 bits per heavy atom. The first-order chi connectivity index (χ1) is 13.1. The van der Waals surface area contributed by atoms with Crippen LogP contribution >= 0.6 is 0 Å². The van der Waals surface area contributed by atoms with Gasteiger partial charge in [0.2, 0.25) is 11.8 Å². The molecule has 0 fully saturated rings. The Morgan fingerprint density at radius 3 is 1.52 bits per heavy atom. The van der Waals surface area contributed by atoms with Crippen molar-refractivity contribution >= 4 is 23.2 Å². The summed E-state index contributed by atoms with van der Waals surface area (Å²) in [6.45, 7) is 0. The molecule has 2 N–H and O–H groups in total. The van der Waals surface area contributed by atoms with E-state index in [9.17, 15) is 14.4 Å². The molecule has 0 aliphatic heterocycles. The number of amides is 2. The fourth-order valence-corrected chi connectivity index (χ4v) is 2.53. The van der Waals surface area contributed by atoms with Crippen LogP contribution in [0.3, 0.4) is 0 Å². The fraction of sp³-hybridized carbons (Fsp3) is 0.0952. The minimum absolute atomic E-state index is 0.0989. The van der Waals surface area contributed by atoms with Gasteiger partial charge in [0.15, 0.2) is 5.43 Å². The molecule has 136 valence electrons. The average Bonchev–Trinajstić information content (AvgIpc) is 2.62. The number of rotatable bonds is 6. The minimum Gasteiger partial charge on any atom is -0.465 e. The Labute approximate surface area is 155 Å². The molecule has 3 aromatic rings. The Balaban J connectivity index is 1.64. The van der Waals surface area contributed by atoms with Gasteiger partial charge in [-0.2, -0.15) is 0 Å².